The van der Waals surface area contributed by atoms with Crippen molar-refractivity contribution in [3.8, 4) is 22.6 Å². The maximum atomic E-state index is 4.70. The Morgan fingerprint density at radius 2 is 1.84 bits per heavy atom. The SMILES string of the molecule is C=C(CC(C)(C)C)Nc1cncc(-c2cc3c(-c4cc5c(N6CCCCC6)cccc5[nH]4)n[nH]c3cn2)c1. The van der Waals surface area contributed by atoms with Crippen molar-refractivity contribution in [3.05, 3.63) is 67.3 Å². The first-order valence-corrected chi connectivity index (χ1v) is 13.5. The van der Waals surface area contributed by atoms with Crippen LogP contribution in [0.3, 0.4) is 0 Å². The molecule has 0 unspecified atom stereocenters. The number of piperidine rings is 1. The molecule has 38 heavy (non-hydrogen) atoms. The van der Waals surface area contributed by atoms with Crippen LogP contribution in [0, 0.1) is 5.41 Å². The minimum Gasteiger partial charge on any atom is -0.371 e. The average molecular weight is 506 g/mol. The van der Waals surface area contributed by atoms with Crippen molar-refractivity contribution in [1.29, 1.82) is 0 Å². The number of anilines is 2. The number of allylic oxidation sites excluding steroid dienone is 1. The molecule has 1 aromatic carbocycles. The van der Waals surface area contributed by atoms with Gasteiger partial charge in [0.1, 0.15) is 5.69 Å². The highest BCUT2D eigenvalue weighted by molar-refractivity contribution is 6.00. The summed E-state index contributed by atoms with van der Waals surface area (Å²) < 4.78 is 0. The molecular formula is C31H35N7. The summed E-state index contributed by atoms with van der Waals surface area (Å²) in [5.74, 6) is 0. The lowest BCUT2D eigenvalue weighted by Crippen LogP contribution is -2.29. The highest BCUT2D eigenvalue weighted by atomic mass is 15.1. The van der Waals surface area contributed by atoms with Crippen LogP contribution in [0.1, 0.15) is 46.5 Å². The molecule has 0 radical (unpaired) electrons. The van der Waals surface area contributed by atoms with Gasteiger partial charge in [-0.25, -0.2) is 0 Å². The van der Waals surface area contributed by atoms with Gasteiger partial charge in [-0.15, -0.1) is 0 Å². The Bertz CT molecular complexity index is 1610. The predicted octanol–water partition coefficient (Wildman–Crippen LogP) is 7.52. The summed E-state index contributed by atoms with van der Waals surface area (Å²) in [6.07, 6.45) is 10.2. The zero-order chi connectivity index (χ0) is 26.3. The van der Waals surface area contributed by atoms with Crippen LogP contribution in [-0.2, 0) is 0 Å². The molecular weight excluding hydrogens is 470 g/mol. The zero-order valence-corrected chi connectivity index (χ0v) is 22.4. The number of nitrogens with zero attached hydrogens (tertiary/aromatic N) is 4. The summed E-state index contributed by atoms with van der Waals surface area (Å²) >= 11 is 0. The number of benzene rings is 1. The Morgan fingerprint density at radius 1 is 1.00 bits per heavy atom. The van der Waals surface area contributed by atoms with Crippen molar-refractivity contribution in [3.63, 3.8) is 0 Å². The van der Waals surface area contributed by atoms with E-state index in [9.17, 15) is 0 Å². The van der Waals surface area contributed by atoms with E-state index in [0.29, 0.717) is 0 Å². The Hall–Kier alpha value is -4.13. The minimum atomic E-state index is 0.163. The zero-order valence-electron chi connectivity index (χ0n) is 22.4. The predicted molar refractivity (Wildman–Crippen MR) is 157 cm³/mol. The molecule has 5 heterocycles. The first-order chi connectivity index (χ1) is 18.3. The number of H-pyrrole nitrogens is 2. The topological polar surface area (TPSA) is 85.5 Å². The quantitative estimate of drug-likeness (QED) is 0.222. The Labute approximate surface area is 223 Å². The molecule has 1 aliphatic heterocycles. The first-order valence-electron chi connectivity index (χ1n) is 13.5. The lowest BCUT2D eigenvalue weighted by atomic mass is 9.91. The number of aromatic nitrogens is 5. The maximum absolute atomic E-state index is 4.70. The summed E-state index contributed by atoms with van der Waals surface area (Å²) in [5.41, 5.74) is 9.06. The molecule has 7 heteroatoms. The molecule has 0 atom stereocenters. The summed E-state index contributed by atoms with van der Waals surface area (Å²) in [6.45, 7) is 13.0. The number of pyridine rings is 2. The van der Waals surface area contributed by atoms with Crippen LogP contribution in [-0.4, -0.2) is 38.2 Å². The minimum absolute atomic E-state index is 0.163. The fourth-order valence-electron chi connectivity index (χ4n) is 5.49. The number of hydrogen-bond donors (Lipinski definition) is 3. The third kappa shape index (κ3) is 4.88. The van der Waals surface area contributed by atoms with Crippen molar-refractivity contribution in [2.75, 3.05) is 23.3 Å². The van der Waals surface area contributed by atoms with E-state index < -0.39 is 0 Å². The fourth-order valence-corrected chi connectivity index (χ4v) is 5.49. The van der Waals surface area contributed by atoms with Gasteiger partial charge in [0.05, 0.1) is 35.0 Å². The van der Waals surface area contributed by atoms with Crippen LogP contribution in [0.5, 0.6) is 0 Å². The fraction of sp³-hybridized carbons (Fsp3) is 0.323. The number of fused-ring (bicyclic) bond motifs is 2. The van der Waals surface area contributed by atoms with Gasteiger partial charge in [0.15, 0.2) is 0 Å². The van der Waals surface area contributed by atoms with Crippen molar-refractivity contribution >= 4 is 33.2 Å². The van der Waals surface area contributed by atoms with Crippen LogP contribution in [0.15, 0.2) is 67.3 Å². The monoisotopic (exact) mass is 505 g/mol. The van der Waals surface area contributed by atoms with Crippen molar-refractivity contribution in [1.82, 2.24) is 25.1 Å². The standard InChI is InChI=1S/C31H35N7/c1-20(16-31(2,3)4)34-22-13-21(17-32-18-22)26-15-24-28(19-33-26)36-37-30(24)27-14-23-25(35-27)9-8-10-29(23)38-11-6-5-7-12-38/h8-10,13-15,17-19,34-35H,1,5-7,11-12,16H2,2-4H3,(H,36,37). The van der Waals surface area contributed by atoms with Gasteiger partial charge in [0.2, 0.25) is 0 Å². The lowest BCUT2D eigenvalue weighted by molar-refractivity contribution is 0.411. The van der Waals surface area contributed by atoms with Gasteiger partial charge >= 0.3 is 0 Å². The summed E-state index contributed by atoms with van der Waals surface area (Å²) in [7, 11) is 0. The molecule has 194 valence electrons. The Morgan fingerprint density at radius 3 is 2.66 bits per heavy atom. The molecule has 5 aromatic rings. The van der Waals surface area contributed by atoms with E-state index in [-0.39, 0.29) is 5.41 Å². The van der Waals surface area contributed by atoms with Crippen LogP contribution in [0.25, 0.3) is 44.5 Å². The summed E-state index contributed by atoms with van der Waals surface area (Å²) in [5, 5.41) is 13.5. The van der Waals surface area contributed by atoms with Gasteiger partial charge in [-0.05, 0) is 61.4 Å². The van der Waals surface area contributed by atoms with Crippen molar-refractivity contribution in [2.24, 2.45) is 5.41 Å². The molecule has 0 saturated carbocycles. The second-order valence-corrected chi connectivity index (χ2v) is 11.6. The molecule has 4 aromatic heterocycles. The molecule has 3 N–H and O–H groups in total. The summed E-state index contributed by atoms with van der Waals surface area (Å²) in [6, 6.07) is 12.9. The molecule has 1 aliphatic rings. The largest absolute Gasteiger partial charge is 0.371 e. The third-order valence-corrected chi connectivity index (χ3v) is 7.14. The van der Waals surface area contributed by atoms with E-state index >= 15 is 0 Å². The third-order valence-electron chi connectivity index (χ3n) is 7.14. The molecule has 0 spiro atoms. The average Bonchev–Trinajstić information content (AvgIpc) is 3.51. The molecule has 6 rings (SSSR count). The van der Waals surface area contributed by atoms with Gasteiger partial charge in [0.25, 0.3) is 0 Å². The van der Waals surface area contributed by atoms with Gasteiger partial charge in [-0.1, -0.05) is 33.4 Å². The molecule has 1 saturated heterocycles. The van der Waals surface area contributed by atoms with Crippen molar-refractivity contribution < 1.29 is 0 Å². The van der Waals surface area contributed by atoms with E-state index in [1.165, 1.54) is 30.3 Å². The molecule has 0 aliphatic carbocycles. The second kappa shape index (κ2) is 9.63. The first kappa shape index (κ1) is 24.2. The van der Waals surface area contributed by atoms with Crippen molar-refractivity contribution in [2.45, 2.75) is 46.5 Å². The van der Waals surface area contributed by atoms with E-state index in [2.05, 4.69) is 94.1 Å². The Kier molecular flexibility index (Phi) is 6.14. The van der Waals surface area contributed by atoms with Gasteiger partial charge < -0.3 is 15.2 Å². The van der Waals surface area contributed by atoms with Crippen LogP contribution >= 0.6 is 0 Å². The van der Waals surface area contributed by atoms with Gasteiger partial charge in [-0.3, -0.25) is 15.1 Å². The second-order valence-electron chi connectivity index (χ2n) is 11.6. The normalized spacial score (nSPS) is 14.3. The smallest absolute Gasteiger partial charge is 0.116 e. The molecule has 1 fully saturated rings. The molecule has 7 nitrogen and oxygen atoms in total. The van der Waals surface area contributed by atoms with Crippen LogP contribution in [0.2, 0.25) is 0 Å². The number of hydrogen-bond acceptors (Lipinski definition) is 5. The van der Waals surface area contributed by atoms with Crippen LogP contribution in [0.4, 0.5) is 11.4 Å². The number of nitrogens with one attached hydrogen (secondary N) is 3. The highest BCUT2D eigenvalue weighted by Gasteiger charge is 2.18. The number of rotatable bonds is 6. The maximum Gasteiger partial charge on any atom is 0.116 e. The van der Waals surface area contributed by atoms with E-state index in [1.807, 2.05) is 18.6 Å². The van der Waals surface area contributed by atoms with E-state index in [0.717, 1.165) is 70.0 Å². The molecule has 0 bridgehead atoms. The lowest BCUT2D eigenvalue weighted by Gasteiger charge is -2.29. The van der Waals surface area contributed by atoms with Gasteiger partial charge in [0, 0.05) is 52.5 Å². The number of aromatic amines is 2. The van der Waals surface area contributed by atoms with Gasteiger partial charge in [-0.2, -0.15) is 5.10 Å². The van der Waals surface area contributed by atoms with E-state index in [4.69, 9.17) is 4.98 Å². The Balaban J connectivity index is 1.33. The van der Waals surface area contributed by atoms with E-state index in [1.54, 1.807) is 0 Å². The van der Waals surface area contributed by atoms with Crippen LogP contribution < -0.4 is 10.2 Å². The summed E-state index contributed by atoms with van der Waals surface area (Å²) in [4.78, 5) is 15.3. The highest BCUT2D eigenvalue weighted by Crippen LogP contribution is 2.35. The molecule has 0 amide bonds.